The number of hydrogen-bond acceptors (Lipinski definition) is 5. The number of rotatable bonds is 8. The van der Waals surface area contributed by atoms with Crippen LogP contribution in [0.5, 0.6) is 0 Å². The van der Waals surface area contributed by atoms with E-state index in [0.29, 0.717) is 23.4 Å². The molecule has 2 amide bonds. The number of nitrogens with one attached hydrogen (secondary N) is 2. The van der Waals surface area contributed by atoms with Crippen LogP contribution in [0.2, 0.25) is 0 Å². The number of ketones is 1. The van der Waals surface area contributed by atoms with Crippen molar-refractivity contribution < 1.29 is 19.6 Å². The van der Waals surface area contributed by atoms with Crippen LogP contribution in [0.1, 0.15) is 39.6 Å². The molecule has 7 nitrogen and oxygen atoms in total. The maximum atomic E-state index is 13.4. The average Bonchev–Trinajstić information content (AvgIpc) is 2.90. The van der Waals surface area contributed by atoms with Crippen LogP contribution in [0.15, 0.2) is 91.0 Å². The molecule has 0 heterocycles. The molecule has 0 bridgehead atoms. The smallest absolute Gasteiger partial charge is 0.274 e. The summed E-state index contributed by atoms with van der Waals surface area (Å²) in [6.45, 7) is 1.47. The number of aryl methyl sites for hydroxylation is 1. The van der Waals surface area contributed by atoms with Crippen LogP contribution in [0.3, 0.4) is 0 Å². The van der Waals surface area contributed by atoms with E-state index in [0.717, 1.165) is 16.3 Å². The van der Waals surface area contributed by atoms with E-state index in [1.165, 1.54) is 24.1 Å². The molecule has 0 aliphatic rings. The Kier molecular flexibility index (Phi) is 7.18. The zero-order valence-electron chi connectivity index (χ0n) is 19.2. The van der Waals surface area contributed by atoms with Crippen LogP contribution < -0.4 is 15.9 Å². The molecule has 0 aromatic heterocycles. The highest BCUT2D eigenvalue weighted by Crippen LogP contribution is 2.23. The first-order valence-corrected chi connectivity index (χ1v) is 11.2. The Bertz CT molecular complexity index is 1380. The summed E-state index contributed by atoms with van der Waals surface area (Å²) in [5.41, 5.74) is 7.39. The summed E-state index contributed by atoms with van der Waals surface area (Å²) in [7, 11) is 0. The third-order valence-corrected chi connectivity index (χ3v) is 5.72. The van der Waals surface area contributed by atoms with Gasteiger partial charge in [-0.05, 0) is 66.1 Å². The third-order valence-electron chi connectivity index (χ3n) is 5.72. The van der Waals surface area contributed by atoms with Crippen molar-refractivity contribution in [2.75, 3.05) is 10.4 Å². The lowest BCUT2D eigenvalue weighted by Gasteiger charge is -2.26. The highest BCUT2D eigenvalue weighted by Gasteiger charge is 2.19. The molecule has 0 spiro atoms. The maximum absolute atomic E-state index is 13.4. The van der Waals surface area contributed by atoms with Gasteiger partial charge in [0.25, 0.3) is 5.91 Å². The number of anilines is 2. The average molecular weight is 468 g/mol. The molecular weight excluding hydrogens is 442 g/mol. The van der Waals surface area contributed by atoms with Gasteiger partial charge in [0.1, 0.15) is 0 Å². The van der Waals surface area contributed by atoms with Crippen molar-refractivity contribution >= 4 is 39.7 Å². The van der Waals surface area contributed by atoms with Gasteiger partial charge in [0, 0.05) is 17.5 Å². The van der Waals surface area contributed by atoms with E-state index in [4.69, 9.17) is 5.21 Å². The lowest BCUT2D eigenvalue weighted by molar-refractivity contribution is -0.118. The van der Waals surface area contributed by atoms with Crippen LogP contribution in [0.25, 0.3) is 10.8 Å². The maximum Gasteiger partial charge on any atom is 0.274 e. The van der Waals surface area contributed by atoms with E-state index in [1.807, 2.05) is 36.4 Å². The summed E-state index contributed by atoms with van der Waals surface area (Å²) in [5.74, 6) is -0.997. The highest BCUT2D eigenvalue weighted by atomic mass is 16.5. The van der Waals surface area contributed by atoms with Crippen molar-refractivity contribution in [3.8, 4) is 0 Å². The molecule has 4 aromatic carbocycles. The van der Waals surface area contributed by atoms with E-state index >= 15 is 0 Å². The molecule has 0 aliphatic carbocycles. The van der Waals surface area contributed by atoms with Crippen molar-refractivity contribution in [3.63, 3.8) is 0 Å². The Morgan fingerprint density at radius 3 is 2.23 bits per heavy atom. The molecule has 176 valence electrons. The van der Waals surface area contributed by atoms with Crippen LogP contribution in [-0.4, -0.2) is 22.8 Å². The van der Waals surface area contributed by atoms with Gasteiger partial charge in [0.05, 0.1) is 11.4 Å². The first kappa shape index (κ1) is 23.7. The predicted molar refractivity (Wildman–Crippen MR) is 136 cm³/mol. The lowest BCUT2D eigenvalue weighted by Crippen LogP contribution is -2.37. The summed E-state index contributed by atoms with van der Waals surface area (Å²) >= 11 is 0. The molecule has 0 radical (unpaired) electrons. The van der Waals surface area contributed by atoms with Crippen molar-refractivity contribution in [1.82, 2.24) is 5.48 Å². The molecule has 0 saturated heterocycles. The summed E-state index contributed by atoms with van der Waals surface area (Å²) in [5, 5.41) is 12.5. The number of hydroxylamine groups is 1. The van der Waals surface area contributed by atoms with Crippen molar-refractivity contribution in [3.05, 3.63) is 108 Å². The molecule has 35 heavy (non-hydrogen) atoms. The van der Waals surface area contributed by atoms with Crippen molar-refractivity contribution in [2.24, 2.45) is 0 Å². The van der Waals surface area contributed by atoms with Crippen molar-refractivity contribution in [1.29, 1.82) is 0 Å². The Balaban J connectivity index is 1.60. The number of Topliss-reactive ketones (excluding diaryl/α,β-unsaturated/α-hetero) is 1. The number of benzene rings is 4. The lowest BCUT2D eigenvalue weighted by atomic mass is 10.0. The fraction of sp³-hybridized carbons (Fsp3) is 0.107. The Labute approximate surface area is 202 Å². The van der Waals surface area contributed by atoms with Gasteiger partial charge in [0.2, 0.25) is 5.91 Å². The van der Waals surface area contributed by atoms with Gasteiger partial charge in [0.15, 0.2) is 5.78 Å². The van der Waals surface area contributed by atoms with E-state index in [2.05, 4.69) is 11.5 Å². The number of hydrazine groups is 1. The summed E-state index contributed by atoms with van der Waals surface area (Å²) in [6, 6.07) is 27.4. The van der Waals surface area contributed by atoms with E-state index in [9.17, 15) is 14.4 Å². The SMILES string of the molecule is CC(=O)c1ccccc1NN(C(=O)CCc1ccc2ccccc2c1)c1ccc(C(=O)NO)cc1. The third kappa shape index (κ3) is 5.54. The van der Waals surface area contributed by atoms with Crippen LogP contribution in [-0.2, 0) is 11.2 Å². The molecule has 0 aliphatic heterocycles. The van der Waals surface area contributed by atoms with Gasteiger partial charge in [-0.3, -0.25) is 25.0 Å². The Hall–Kier alpha value is -4.49. The largest absolute Gasteiger partial charge is 0.294 e. The van der Waals surface area contributed by atoms with Crippen LogP contribution in [0.4, 0.5) is 11.4 Å². The quantitative estimate of drug-likeness (QED) is 0.189. The second-order valence-corrected chi connectivity index (χ2v) is 8.11. The minimum Gasteiger partial charge on any atom is -0.294 e. The minimum absolute atomic E-state index is 0.133. The number of amides is 2. The monoisotopic (exact) mass is 467 g/mol. The second kappa shape index (κ2) is 10.6. The number of hydrogen-bond donors (Lipinski definition) is 3. The molecule has 0 atom stereocenters. The van der Waals surface area contributed by atoms with Gasteiger partial charge >= 0.3 is 0 Å². The van der Waals surface area contributed by atoms with Gasteiger partial charge in [-0.2, -0.15) is 0 Å². The summed E-state index contributed by atoms with van der Waals surface area (Å²) < 4.78 is 0. The molecular formula is C28H25N3O4. The predicted octanol–water partition coefficient (Wildman–Crippen LogP) is 5.15. The van der Waals surface area contributed by atoms with Gasteiger partial charge in [-0.25, -0.2) is 10.5 Å². The minimum atomic E-state index is -0.652. The normalized spacial score (nSPS) is 10.6. The molecule has 4 rings (SSSR count). The Morgan fingerprint density at radius 2 is 1.51 bits per heavy atom. The van der Waals surface area contributed by atoms with Crippen LogP contribution in [0, 0.1) is 0 Å². The second-order valence-electron chi connectivity index (χ2n) is 8.11. The molecule has 7 heteroatoms. The molecule has 0 unspecified atom stereocenters. The first-order valence-electron chi connectivity index (χ1n) is 11.2. The number of para-hydroxylation sites is 1. The standard InChI is InChI=1S/C28H25N3O4/c1-19(32)25-8-4-5-9-26(25)29-31(24-15-13-22(14-16-24)28(34)30-35)27(33)17-11-20-10-12-21-6-2-3-7-23(21)18-20/h2-10,12-16,18,29,35H,11,17H2,1H3,(H,30,34). The molecule has 4 aromatic rings. The van der Waals surface area contributed by atoms with Crippen LogP contribution >= 0.6 is 0 Å². The van der Waals surface area contributed by atoms with E-state index in [-0.39, 0.29) is 23.7 Å². The fourth-order valence-electron chi connectivity index (χ4n) is 3.86. The molecule has 0 saturated carbocycles. The molecule has 0 fully saturated rings. The Morgan fingerprint density at radius 1 is 0.829 bits per heavy atom. The number of nitrogens with zero attached hydrogens (tertiary/aromatic N) is 1. The number of carbonyl (C=O) groups is 3. The highest BCUT2D eigenvalue weighted by molar-refractivity contribution is 6.02. The molecule has 3 N–H and O–H groups in total. The zero-order chi connectivity index (χ0) is 24.8. The summed E-state index contributed by atoms with van der Waals surface area (Å²) in [6.07, 6.45) is 0.744. The van der Waals surface area contributed by atoms with E-state index < -0.39 is 5.91 Å². The number of carbonyl (C=O) groups excluding carboxylic acids is 3. The summed E-state index contributed by atoms with van der Waals surface area (Å²) in [4.78, 5) is 37.2. The van der Waals surface area contributed by atoms with Crippen molar-refractivity contribution in [2.45, 2.75) is 19.8 Å². The fourth-order valence-corrected chi connectivity index (χ4v) is 3.86. The topological polar surface area (TPSA) is 98.7 Å². The van der Waals surface area contributed by atoms with E-state index in [1.54, 1.807) is 41.9 Å². The number of fused-ring (bicyclic) bond motifs is 1. The first-order chi connectivity index (χ1) is 17.0. The van der Waals surface area contributed by atoms with Gasteiger partial charge in [-0.15, -0.1) is 0 Å². The zero-order valence-corrected chi connectivity index (χ0v) is 19.2. The van der Waals surface area contributed by atoms with Gasteiger partial charge in [-0.1, -0.05) is 54.6 Å². The van der Waals surface area contributed by atoms with Gasteiger partial charge < -0.3 is 0 Å².